The maximum absolute atomic E-state index is 5.96. The number of hydrogen-bond donors (Lipinski definition) is 0. The lowest BCUT2D eigenvalue weighted by Gasteiger charge is -2.10. The van der Waals surface area contributed by atoms with Gasteiger partial charge in [0.25, 0.3) is 0 Å². The van der Waals surface area contributed by atoms with Crippen LogP contribution in [0.5, 0.6) is 0 Å². The fourth-order valence-electron chi connectivity index (χ4n) is 1.46. The van der Waals surface area contributed by atoms with Crippen LogP contribution < -0.4 is 0 Å². The summed E-state index contributed by atoms with van der Waals surface area (Å²) in [6.07, 6.45) is 10.4. The molecular formula is C11H23B. The first-order chi connectivity index (χ1) is 5.81. The van der Waals surface area contributed by atoms with Crippen LogP contribution >= 0.6 is 0 Å². The predicted molar refractivity (Wildman–Crippen MR) is 57.8 cm³/mol. The Hall–Kier alpha value is 0.0649. The highest BCUT2D eigenvalue weighted by molar-refractivity contribution is 6.11. The van der Waals surface area contributed by atoms with E-state index in [9.17, 15) is 0 Å². The zero-order chi connectivity index (χ0) is 9.23. The third-order valence-electron chi connectivity index (χ3n) is 2.36. The van der Waals surface area contributed by atoms with Crippen LogP contribution in [0.4, 0.5) is 0 Å². The molecule has 0 nitrogen and oxygen atoms in total. The molecule has 0 unspecified atom stereocenters. The van der Waals surface area contributed by atoms with Gasteiger partial charge in [-0.25, -0.2) is 0 Å². The second-order valence-corrected chi connectivity index (χ2v) is 3.75. The van der Waals surface area contributed by atoms with Crippen LogP contribution in [-0.4, -0.2) is 7.85 Å². The van der Waals surface area contributed by atoms with Gasteiger partial charge in [-0.15, -0.1) is 0 Å². The van der Waals surface area contributed by atoms with Crippen molar-refractivity contribution >= 4 is 7.85 Å². The van der Waals surface area contributed by atoms with Crippen molar-refractivity contribution in [2.75, 3.05) is 0 Å². The Morgan fingerprint density at radius 2 is 1.25 bits per heavy atom. The van der Waals surface area contributed by atoms with Crippen molar-refractivity contribution in [3.05, 3.63) is 0 Å². The zero-order valence-electron chi connectivity index (χ0n) is 8.81. The van der Waals surface area contributed by atoms with Gasteiger partial charge in [-0.05, 0) is 0 Å². The Labute approximate surface area is 79.5 Å². The predicted octanol–water partition coefficient (Wildman–Crippen LogP) is 4.10. The molecule has 12 heavy (non-hydrogen) atoms. The molecule has 0 bridgehead atoms. The fraction of sp³-hybridized carbons (Fsp3) is 1.00. The molecule has 0 aromatic heterocycles. The summed E-state index contributed by atoms with van der Waals surface area (Å²) in [7, 11) is 5.96. The van der Waals surface area contributed by atoms with E-state index in [1.807, 2.05) is 0 Å². The monoisotopic (exact) mass is 166 g/mol. The summed E-state index contributed by atoms with van der Waals surface area (Å²) in [5, 5.41) is 0. The van der Waals surface area contributed by atoms with Crippen LogP contribution in [0.1, 0.15) is 65.2 Å². The molecule has 2 radical (unpaired) electrons. The van der Waals surface area contributed by atoms with Crippen molar-refractivity contribution in [1.29, 1.82) is 0 Å². The molecule has 0 atom stereocenters. The molecule has 70 valence electrons. The van der Waals surface area contributed by atoms with Gasteiger partial charge in [0.05, 0.1) is 7.85 Å². The first kappa shape index (κ1) is 12.1. The molecule has 0 aliphatic heterocycles. The molecular weight excluding hydrogens is 143 g/mol. The van der Waals surface area contributed by atoms with Gasteiger partial charge < -0.3 is 0 Å². The maximum Gasteiger partial charge on any atom is 0.0699 e. The Morgan fingerprint density at radius 1 is 0.833 bits per heavy atom. The summed E-state index contributed by atoms with van der Waals surface area (Å²) >= 11 is 0. The maximum atomic E-state index is 5.96. The van der Waals surface area contributed by atoms with Gasteiger partial charge in [0.2, 0.25) is 0 Å². The van der Waals surface area contributed by atoms with Crippen molar-refractivity contribution in [3.8, 4) is 0 Å². The van der Waals surface area contributed by atoms with E-state index in [1.54, 1.807) is 0 Å². The lowest BCUT2D eigenvalue weighted by atomic mass is 9.79. The molecule has 0 aromatic carbocycles. The van der Waals surface area contributed by atoms with Crippen molar-refractivity contribution in [3.63, 3.8) is 0 Å². The standard InChI is InChI=1S/C11H23B/c1-3-5-7-9-11(12)10-8-6-4-2/h11H,3-10H2,1-2H3. The second kappa shape index (κ2) is 9.16. The van der Waals surface area contributed by atoms with E-state index >= 15 is 0 Å². The lowest BCUT2D eigenvalue weighted by molar-refractivity contribution is 0.572. The lowest BCUT2D eigenvalue weighted by Crippen LogP contribution is -1.92. The summed E-state index contributed by atoms with van der Waals surface area (Å²) < 4.78 is 0. The summed E-state index contributed by atoms with van der Waals surface area (Å²) in [4.78, 5) is 0. The second-order valence-electron chi connectivity index (χ2n) is 3.75. The largest absolute Gasteiger partial charge is 0.0774 e. The van der Waals surface area contributed by atoms with Crippen LogP contribution in [0.15, 0.2) is 0 Å². The molecule has 0 spiro atoms. The molecule has 0 rings (SSSR count). The van der Waals surface area contributed by atoms with Gasteiger partial charge in [-0.1, -0.05) is 71.0 Å². The first-order valence-corrected chi connectivity index (χ1v) is 5.56. The number of unbranched alkanes of at least 4 members (excludes halogenated alkanes) is 4. The highest BCUT2D eigenvalue weighted by Gasteiger charge is 2.00. The molecule has 0 aromatic rings. The van der Waals surface area contributed by atoms with E-state index in [2.05, 4.69) is 13.8 Å². The van der Waals surface area contributed by atoms with Crippen LogP contribution in [0.3, 0.4) is 0 Å². The van der Waals surface area contributed by atoms with E-state index in [0.29, 0.717) is 5.82 Å². The molecule has 1 heteroatoms. The van der Waals surface area contributed by atoms with E-state index in [4.69, 9.17) is 7.85 Å². The Kier molecular flexibility index (Phi) is 9.20. The smallest absolute Gasteiger partial charge is 0.0699 e. The van der Waals surface area contributed by atoms with Crippen LogP contribution in [0.25, 0.3) is 0 Å². The highest BCUT2D eigenvalue weighted by atomic mass is 14.0. The highest BCUT2D eigenvalue weighted by Crippen LogP contribution is 2.18. The van der Waals surface area contributed by atoms with Crippen LogP contribution in [-0.2, 0) is 0 Å². The Bertz CT molecular complexity index is 71.1. The first-order valence-electron chi connectivity index (χ1n) is 5.56. The molecule has 0 aliphatic rings. The summed E-state index contributed by atoms with van der Waals surface area (Å²) in [6, 6.07) is 0. The van der Waals surface area contributed by atoms with E-state index in [-0.39, 0.29) is 0 Å². The molecule has 0 saturated heterocycles. The molecule has 0 heterocycles. The van der Waals surface area contributed by atoms with Gasteiger partial charge in [-0.2, -0.15) is 0 Å². The minimum absolute atomic E-state index is 0.475. The fourth-order valence-corrected chi connectivity index (χ4v) is 1.46. The minimum Gasteiger partial charge on any atom is -0.0774 e. The van der Waals surface area contributed by atoms with Crippen LogP contribution in [0.2, 0.25) is 5.82 Å². The summed E-state index contributed by atoms with van der Waals surface area (Å²) in [6.45, 7) is 4.48. The van der Waals surface area contributed by atoms with Gasteiger partial charge in [0.1, 0.15) is 0 Å². The third kappa shape index (κ3) is 8.16. The molecule has 0 N–H and O–H groups in total. The van der Waals surface area contributed by atoms with Gasteiger partial charge in [-0.3, -0.25) is 0 Å². The Morgan fingerprint density at radius 3 is 1.58 bits per heavy atom. The molecule has 0 fully saturated rings. The number of hydrogen-bond acceptors (Lipinski definition) is 0. The summed E-state index contributed by atoms with van der Waals surface area (Å²) in [5.74, 6) is 0.475. The topological polar surface area (TPSA) is 0 Å². The minimum atomic E-state index is 0.475. The van der Waals surface area contributed by atoms with Gasteiger partial charge in [0.15, 0.2) is 0 Å². The zero-order valence-corrected chi connectivity index (χ0v) is 8.81. The van der Waals surface area contributed by atoms with Crippen molar-refractivity contribution in [2.24, 2.45) is 0 Å². The molecule has 0 saturated carbocycles. The average Bonchev–Trinajstić information content (AvgIpc) is 2.06. The van der Waals surface area contributed by atoms with E-state index in [0.717, 1.165) is 0 Å². The summed E-state index contributed by atoms with van der Waals surface area (Å²) in [5.41, 5.74) is 0. The van der Waals surface area contributed by atoms with E-state index < -0.39 is 0 Å². The number of rotatable bonds is 8. The molecule has 0 aliphatic carbocycles. The average molecular weight is 166 g/mol. The van der Waals surface area contributed by atoms with E-state index in [1.165, 1.54) is 51.4 Å². The third-order valence-corrected chi connectivity index (χ3v) is 2.36. The van der Waals surface area contributed by atoms with Crippen molar-refractivity contribution in [2.45, 2.75) is 71.0 Å². The van der Waals surface area contributed by atoms with Crippen molar-refractivity contribution in [1.82, 2.24) is 0 Å². The quantitative estimate of drug-likeness (QED) is 0.376. The van der Waals surface area contributed by atoms with Crippen molar-refractivity contribution < 1.29 is 0 Å². The van der Waals surface area contributed by atoms with Gasteiger partial charge in [0, 0.05) is 0 Å². The Balaban J connectivity index is 3.04. The molecule has 0 amide bonds. The SMILES string of the molecule is [B]C(CCCCC)CCCCC. The van der Waals surface area contributed by atoms with Gasteiger partial charge >= 0.3 is 0 Å². The van der Waals surface area contributed by atoms with Crippen LogP contribution in [0, 0.1) is 0 Å². The normalized spacial score (nSPS) is 10.9.